The van der Waals surface area contributed by atoms with E-state index >= 15 is 0 Å². The minimum Gasteiger partial charge on any atom is -0.462 e. The normalized spacial score (nSPS) is 13.0. The zero-order chi connectivity index (χ0) is 20.6. The fourth-order valence-corrected chi connectivity index (χ4v) is 3.20. The van der Waals surface area contributed by atoms with Gasteiger partial charge in [-0.25, -0.2) is 9.59 Å². The molecule has 0 fully saturated rings. The summed E-state index contributed by atoms with van der Waals surface area (Å²) >= 11 is 6.28. The summed E-state index contributed by atoms with van der Waals surface area (Å²) < 4.78 is 4.94. The Kier molecular flexibility index (Phi) is 7.08. The van der Waals surface area contributed by atoms with E-state index in [4.69, 9.17) is 16.3 Å². The van der Waals surface area contributed by atoms with Crippen molar-refractivity contribution < 1.29 is 14.3 Å². The van der Waals surface area contributed by atoms with Crippen LogP contribution in [-0.4, -0.2) is 55.5 Å². The first-order valence-corrected chi connectivity index (χ1v) is 9.82. The number of rotatable bonds is 7. The van der Waals surface area contributed by atoms with E-state index in [1.807, 2.05) is 24.3 Å². The van der Waals surface area contributed by atoms with Gasteiger partial charge in [0.2, 0.25) is 0 Å². The fraction of sp³-hybridized carbons (Fsp3) is 0.286. The number of carbonyl (C=O) groups is 2. The van der Waals surface area contributed by atoms with Crippen LogP contribution in [0, 0.1) is 0 Å². The van der Waals surface area contributed by atoms with Gasteiger partial charge in [-0.15, -0.1) is 0 Å². The van der Waals surface area contributed by atoms with Crippen molar-refractivity contribution in [2.75, 3.05) is 38.1 Å². The van der Waals surface area contributed by atoms with E-state index in [-0.39, 0.29) is 12.0 Å². The smallest absolute Gasteiger partial charge is 0.338 e. The topological polar surface area (TPSA) is 83.0 Å². The van der Waals surface area contributed by atoms with Crippen molar-refractivity contribution in [3.8, 4) is 0 Å². The number of aliphatic imine (C=N–C) groups is 1. The second-order valence-corrected chi connectivity index (χ2v) is 6.76. The quantitative estimate of drug-likeness (QED) is 0.680. The van der Waals surface area contributed by atoms with Gasteiger partial charge in [-0.2, -0.15) is 0 Å². The zero-order valence-electron chi connectivity index (χ0n) is 16.2. The van der Waals surface area contributed by atoms with Gasteiger partial charge in [0, 0.05) is 30.9 Å². The molecule has 0 radical (unpaired) electrons. The first kappa shape index (κ1) is 20.7. The SMILES string of the molecule is CCOC(=O)c1ccc(NC(=O)NCCN2CCN=C2c2ccccc2Cl)cc1. The maximum atomic E-state index is 12.1. The third-order valence-corrected chi connectivity index (χ3v) is 4.70. The minimum absolute atomic E-state index is 0.315. The standard InChI is InChI=1S/C21H23ClN4O3/c1-2-29-20(27)15-7-9-16(10-8-15)25-21(28)24-12-14-26-13-11-23-19(26)17-5-3-4-6-18(17)22/h3-10H,2,11-14H2,1H3,(H2,24,25,28). The van der Waals surface area contributed by atoms with Crippen LogP contribution >= 0.6 is 11.6 Å². The van der Waals surface area contributed by atoms with Crippen molar-refractivity contribution in [1.82, 2.24) is 10.2 Å². The highest BCUT2D eigenvalue weighted by molar-refractivity contribution is 6.34. The third kappa shape index (κ3) is 5.48. The number of amidine groups is 1. The highest BCUT2D eigenvalue weighted by Gasteiger charge is 2.20. The Labute approximate surface area is 174 Å². The van der Waals surface area contributed by atoms with Crippen LogP contribution in [0.15, 0.2) is 53.5 Å². The number of carbonyl (C=O) groups excluding carboxylic acids is 2. The van der Waals surface area contributed by atoms with Gasteiger partial charge in [-0.3, -0.25) is 4.99 Å². The molecule has 152 valence electrons. The summed E-state index contributed by atoms with van der Waals surface area (Å²) in [5.74, 6) is 0.470. The molecule has 0 unspecified atom stereocenters. The number of hydrogen-bond donors (Lipinski definition) is 2. The summed E-state index contributed by atoms with van der Waals surface area (Å²) in [6.45, 7) is 4.65. The molecule has 1 aliphatic rings. The Bertz CT molecular complexity index is 899. The Morgan fingerprint density at radius 2 is 1.93 bits per heavy atom. The number of halogens is 1. The number of anilines is 1. The lowest BCUT2D eigenvalue weighted by molar-refractivity contribution is 0.0526. The van der Waals surface area contributed by atoms with E-state index in [1.54, 1.807) is 31.2 Å². The fourth-order valence-electron chi connectivity index (χ4n) is 2.98. The second kappa shape index (κ2) is 9.93. The van der Waals surface area contributed by atoms with E-state index in [1.165, 1.54) is 0 Å². The summed E-state index contributed by atoms with van der Waals surface area (Å²) in [6, 6.07) is 13.8. The van der Waals surface area contributed by atoms with E-state index in [0.29, 0.717) is 42.5 Å². The highest BCUT2D eigenvalue weighted by atomic mass is 35.5. The van der Waals surface area contributed by atoms with Gasteiger partial charge < -0.3 is 20.3 Å². The molecule has 0 saturated heterocycles. The van der Waals surface area contributed by atoms with Gasteiger partial charge in [0.1, 0.15) is 5.84 Å². The van der Waals surface area contributed by atoms with Crippen molar-refractivity contribution in [3.05, 3.63) is 64.7 Å². The lowest BCUT2D eigenvalue weighted by Gasteiger charge is -2.21. The number of ether oxygens (including phenoxy) is 1. The molecule has 2 amide bonds. The highest BCUT2D eigenvalue weighted by Crippen LogP contribution is 2.20. The Hall–Kier alpha value is -3.06. The number of nitrogens with one attached hydrogen (secondary N) is 2. The number of amides is 2. The van der Waals surface area contributed by atoms with Gasteiger partial charge in [0.15, 0.2) is 0 Å². The van der Waals surface area contributed by atoms with Crippen LogP contribution in [0.5, 0.6) is 0 Å². The first-order valence-electron chi connectivity index (χ1n) is 9.45. The molecule has 0 aromatic heterocycles. The average molecular weight is 415 g/mol. The van der Waals surface area contributed by atoms with Crippen LogP contribution in [0.1, 0.15) is 22.8 Å². The molecule has 2 aromatic rings. The number of hydrogen-bond acceptors (Lipinski definition) is 5. The van der Waals surface area contributed by atoms with E-state index in [9.17, 15) is 9.59 Å². The van der Waals surface area contributed by atoms with Crippen LogP contribution < -0.4 is 10.6 Å². The summed E-state index contributed by atoms with van der Waals surface area (Å²) in [6.07, 6.45) is 0. The lowest BCUT2D eigenvalue weighted by atomic mass is 10.2. The molecule has 0 aliphatic carbocycles. The van der Waals surface area contributed by atoms with Crippen LogP contribution in [-0.2, 0) is 4.74 Å². The second-order valence-electron chi connectivity index (χ2n) is 6.35. The largest absolute Gasteiger partial charge is 0.462 e. The van der Waals surface area contributed by atoms with Crippen LogP contribution in [0.25, 0.3) is 0 Å². The molecule has 0 atom stereocenters. The number of benzene rings is 2. The molecule has 7 nitrogen and oxygen atoms in total. The zero-order valence-corrected chi connectivity index (χ0v) is 16.9. The molecule has 1 aliphatic heterocycles. The monoisotopic (exact) mass is 414 g/mol. The lowest BCUT2D eigenvalue weighted by Crippen LogP contribution is -2.38. The molecule has 3 rings (SSSR count). The number of esters is 1. The molecule has 0 spiro atoms. The summed E-state index contributed by atoms with van der Waals surface area (Å²) in [5.41, 5.74) is 1.94. The molecule has 2 aromatic carbocycles. The van der Waals surface area contributed by atoms with Gasteiger partial charge in [-0.05, 0) is 43.3 Å². The van der Waals surface area contributed by atoms with Crippen LogP contribution in [0.2, 0.25) is 5.02 Å². The average Bonchev–Trinajstić information content (AvgIpc) is 3.17. The molecule has 29 heavy (non-hydrogen) atoms. The van der Waals surface area contributed by atoms with E-state index in [0.717, 1.165) is 17.9 Å². The molecule has 0 bridgehead atoms. The van der Waals surface area contributed by atoms with Crippen molar-refractivity contribution in [2.45, 2.75) is 6.92 Å². The van der Waals surface area contributed by atoms with Gasteiger partial charge in [-0.1, -0.05) is 23.7 Å². The maximum Gasteiger partial charge on any atom is 0.338 e. The summed E-state index contributed by atoms with van der Waals surface area (Å²) in [5, 5.41) is 6.24. The van der Waals surface area contributed by atoms with Crippen molar-refractivity contribution in [3.63, 3.8) is 0 Å². The van der Waals surface area contributed by atoms with Gasteiger partial charge in [0.05, 0.1) is 23.7 Å². The molecular formula is C21H23ClN4O3. The Morgan fingerprint density at radius 1 is 1.17 bits per heavy atom. The minimum atomic E-state index is -0.384. The van der Waals surface area contributed by atoms with Gasteiger partial charge >= 0.3 is 12.0 Å². The van der Waals surface area contributed by atoms with Crippen molar-refractivity contribution in [2.24, 2.45) is 4.99 Å². The Morgan fingerprint density at radius 3 is 2.66 bits per heavy atom. The summed E-state index contributed by atoms with van der Waals surface area (Å²) in [4.78, 5) is 30.4. The predicted octanol–water partition coefficient (Wildman–Crippen LogP) is 3.40. The van der Waals surface area contributed by atoms with Gasteiger partial charge in [0.25, 0.3) is 0 Å². The predicted molar refractivity (Wildman–Crippen MR) is 114 cm³/mol. The first-order chi connectivity index (χ1) is 14.1. The molecule has 0 saturated carbocycles. The van der Waals surface area contributed by atoms with Crippen molar-refractivity contribution >= 4 is 35.1 Å². The van der Waals surface area contributed by atoms with Crippen LogP contribution in [0.3, 0.4) is 0 Å². The van der Waals surface area contributed by atoms with E-state index < -0.39 is 0 Å². The number of urea groups is 1. The maximum absolute atomic E-state index is 12.1. The molecule has 1 heterocycles. The van der Waals surface area contributed by atoms with E-state index in [2.05, 4.69) is 20.5 Å². The third-order valence-electron chi connectivity index (χ3n) is 4.37. The molecular weight excluding hydrogens is 392 g/mol. The molecule has 2 N–H and O–H groups in total. The Balaban J connectivity index is 1.47. The van der Waals surface area contributed by atoms with Crippen LogP contribution in [0.4, 0.5) is 10.5 Å². The molecule has 8 heteroatoms. The number of nitrogens with zero attached hydrogens (tertiary/aromatic N) is 2. The van der Waals surface area contributed by atoms with Crippen molar-refractivity contribution in [1.29, 1.82) is 0 Å². The summed E-state index contributed by atoms with van der Waals surface area (Å²) in [7, 11) is 0.